The zero-order chi connectivity index (χ0) is 19.0. The van der Waals surface area contributed by atoms with Crippen LogP contribution in [0, 0.1) is 0 Å². The molecule has 0 aliphatic carbocycles. The highest BCUT2D eigenvalue weighted by atomic mass is 35.5. The second kappa shape index (κ2) is 6.59. The van der Waals surface area contributed by atoms with E-state index in [9.17, 15) is 8.78 Å². The normalized spacial score (nSPS) is 11.7. The summed E-state index contributed by atoms with van der Waals surface area (Å²) in [6, 6.07) is 17.5. The summed E-state index contributed by atoms with van der Waals surface area (Å²) in [5.74, 6) is -2.35. The van der Waals surface area contributed by atoms with Crippen molar-refractivity contribution in [1.29, 1.82) is 0 Å². The summed E-state index contributed by atoms with van der Waals surface area (Å²) in [5, 5.41) is 12.1. The maximum absolute atomic E-state index is 13.6. The molecular weight excluding hydrogens is 374 g/mol. The Morgan fingerprint density at radius 2 is 1.52 bits per heavy atom. The van der Waals surface area contributed by atoms with Crippen molar-refractivity contribution >= 4 is 17.2 Å². The van der Waals surface area contributed by atoms with Gasteiger partial charge in [0.15, 0.2) is 5.65 Å². The van der Waals surface area contributed by atoms with Crippen LogP contribution >= 0.6 is 11.6 Å². The third-order valence-electron chi connectivity index (χ3n) is 3.85. The molecule has 8 heteroatoms. The van der Waals surface area contributed by atoms with Crippen LogP contribution in [0.2, 0.25) is 5.02 Å². The number of hydrogen-bond donors (Lipinski definition) is 0. The fourth-order valence-corrected chi connectivity index (χ4v) is 2.68. The van der Waals surface area contributed by atoms with E-state index in [1.807, 2.05) is 0 Å². The van der Waals surface area contributed by atoms with Crippen LogP contribution < -0.4 is 4.74 Å². The highest BCUT2D eigenvalue weighted by Crippen LogP contribution is 2.28. The van der Waals surface area contributed by atoms with Crippen LogP contribution in [-0.2, 0) is 5.92 Å². The third-order valence-corrected chi connectivity index (χ3v) is 4.11. The predicted molar refractivity (Wildman–Crippen MR) is 97.3 cm³/mol. The number of hydrogen-bond acceptors (Lipinski definition) is 4. The Morgan fingerprint density at radius 3 is 2.15 bits per heavy atom. The van der Waals surface area contributed by atoms with Gasteiger partial charge in [0.2, 0.25) is 5.82 Å². The molecule has 2 heterocycles. The van der Waals surface area contributed by atoms with Gasteiger partial charge in [-0.05, 0) is 60.7 Å². The van der Waals surface area contributed by atoms with Crippen molar-refractivity contribution in [2.75, 3.05) is 0 Å². The van der Waals surface area contributed by atoms with Crippen LogP contribution in [0.3, 0.4) is 0 Å². The molecule has 136 valence electrons. The van der Waals surface area contributed by atoms with Crippen molar-refractivity contribution in [1.82, 2.24) is 19.8 Å². The molecule has 0 radical (unpaired) electrons. The number of alkyl halides is 2. The first-order chi connectivity index (χ1) is 12.9. The van der Waals surface area contributed by atoms with E-state index in [-0.39, 0.29) is 5.65 Å². The summed E-state index contributed by atoms with van der Waals surface area (Å²) in [7, 11) is 0. The fourth-order valence-electron chi connectivity index (χ4n) is 2.55. The number of nitrogens with zero attached hydrogens (tertiary/aromatic N) is 4. The lowest BCUT2D eigenvalue weighted by molar-refractivity contribution is 0.00564. The molecule has 5 nitrogen and oxygen atoms in total. The molecule has 4 aromatic rings. The van der Waals surface area contributed by atoms with Crippen molar-refractivity contribution in [3.05, 3.63) is 71.5 Å². The Bertz CT molecular complexity index is 1090. The Kier molecular flexibility index (Phi) is 4.24. The largest absolute Gasteiger partial charge is 0.457 e. The molecule has 27 heavy (non-hydrogen) atoms. The zero-order valence-corrected chi connectivity index (χ0v) is 14.9. The van der Waals surface area contributed by atoms with Crippen molar-refractivity contribution in [3.63, 3.8) is 0 Å². The lowest BCUT2D eigenvalue weighted by atomic mass is 10.1. The summed E-state index contributed by atoms with van der Waals surface area (Å²) < 4.78 is 34.1. The van der Waals surface area contributed by atoms with Crippen molar-refractivity contribution < 1.29 is 13.5 Å². The second-order valence-corrected chi connectivity index (χ2v) is 6.42. The first-order valence-corrected chi connectivity index (χ1v) is 8.42. The molecule has 0 spiro atoms. The van der Waals surface area contributed by atoms with E-state index < -0.39 is 11.7 Å². The summed E-state index contributed by atoms with van der Waals surface area (Å²) >= 11 is 5.86. The van der Waals surface area contributed by atoms with Crippen LogP contribution in [0.4, 0.5) is 8.78 Å². The molecule has 0 amide bonds. The van der Waals surface area contributed by atoms with E-state index in [1.165, 1.54) is 0 Å². The van der Waals surface area contributed by atoms with Crippen molar-refractivity contribution in [2.24, 2.45) is 0 Å². The lowest BCUT2D eigenvalue weighted by Gasteiger charge is -2.09. The molecule has 0 bridgehead atoms. The van der Waals surface area contributed by atoms with E-state index in [1.54, 1.807) is 60.7 Å². The van der Waals surface area contributed by atoms with Crippen LogP contribution in [0.1, 0.15) is 12.7 Å². The van der Waals surface area contributed by atoms with Gasteiger partial charge in [0.05, 0.1) is 5.69 Å². The van der Waals surface area contributed by atoms with Crippen LogP contribution in [0.5, 0.6) is 11.5 Å². The van der Waals surface area contributed by atoms with E-state index in [2.05, 4.69) is 15.3 Å². The van der Waals surface area contributed by atoms with Gasteiger partial charge in [0, 0.05) is 17.5 Å². The monoisotopic (exact) mass is 386 g/mol. The standard InChI is InChI=1S/C19H13ClF2N4O/c1-19(21,22)18-24-23-17-11-10-16(25-26(17)18)12-2-6-14(7-3-12)27-15-8-4-13(20)5-9-15/h2-11H,1H3. The minimum absolute atomic E-state index is 0.262. The molecular formula is C19H13ClF2N4O. The molecule has 2 aromatic heterocycles. The number of aromatic nitrogens is 4. The van der Waals surface area contributed by atoms with Gasteiger partial charge < -0.3 is 4.74 Å². The van der Waals surface area contributed by atoms with Crippen LogP contribution in [0.25, 0.3) is 16.9 Å². The molecule has 0 saturated heterocycles. The average molecular weight is 387 g/mol. The number of halogens is 3. The minimum atomic E-state index is -3.14. The van der Waals surface area contributed by atoms with Crippen molar-refractivity contribution in [2.45, 2.75) is 12.8 Å². The smallest absolute Gasteiger partial charge is 0.305 e. The van der Waals surface area contributed by atoms with Gasteiger partial charge in [-0.15, -0.1) is 10.2 Å². The molecule has 4 rings (SSSR count). The quantitative estimate of drug-likeness (QED) is 0.474. The first-order valence-electron chi connectivity index (χ1n) is 8.05. The van der Waals surface area contributed by atoms with Gasteiger partial charge in [-0.1, -0.05) is 11.6 Å². The molecule has 0 atom stereocenters. The number of fused-ring (bicyclic) bond motifs is 1. The van der Waals surface area contributed by atoms with Crippen molar-refractivity contribution in [3.8, 4) is 22.8 Å². The molecule has 0 saturated carbocycles. The van der Waals surface area contributed by atoms with E-state index >= 15 is 0 Å². The molecule has 2 aromatic carbocycles. The van der Waals surface area contributed by atoms with Gasteiger partial charge >= 0.3 is 5.92 Å². The molecule has 0 N–H and O–H groups in total. The summed E-state index contributed by atoms with van der Waals surface area (Å²) in [6.07, 6.45) is 0. The number of rotatable bonds is 4. The predicted octanol–water partition coefficient (Wildman–Crippen LogP) is 5.35. The Balaban J connectivity index is 1.62. The number of ether oxygens (including phenoxy) is 1. The minimum Gasteiger partial charge on any atom is -0.457 e. The second-order valence-electron chi connectivity index (χ2n) is 5.98. The summed E-state index contributed by atoms with van der Waals surface area (Å²) in [6.45, 7) is 0.765. The van der Waals surface area contributed by atoms with E-state index in [0.717, 1.165) is 17.0 Å². The highest BCUT2D eigenvalue weighted by molar-refractivity contribution is 6.30. The van der Waals surface area contributed by atoms with E-state index in [4.69, 9.17) is 16.3 Å². The molecule has 0 aliphatic rings. The lowest BCUT2D eigenvalue weighted by Crippen LogP contribution is -2.14. The average Bonchev–Trinajstić information content (AvgIpc) is 3.08. The summed E-state index contributed by atoms with van der Waals surface area (Å²) in [5.41, 5.74) is 1.53. The summed E-state index contributed by atoms with van der Waals surface area (Å²) in [4.78, 5) is 0. The van der Waals surface area contributed by atoms with E-state index in [0.29, 0.717) is 22.2 Å². The molecule has 0 unspecified atom stereocenters. The van der Waals surface area contributed by atoms with Gasteiger partial charge in [-0.2, -0.15) is 18.4 Å². The van der Waals surface area contributed by atoms with Gasteiger partial charge in [0.1, 0.15) is 11.5 Å². The maximum atomic E-state index is 13.6. The molecule has 0 aliphatic heterocycles. The Labute approximate surface area is 158 Å². The molecule has 0 fully saturated rings. The van der Waals surface area contributed by atoms with Crippen LogP contribution in [0.15, 0.2) is 60.7 Å². The highest BCUT2D eigenvalue weighted by Gasteiger charge is 2.31. The van der Waals surface area contributed by atoms with Gasteiger partial charge in [0.25, 0.3) is 0 Å². The Hall–Kier alpha value is -3.06. The number of benzene rings is 2. The third kappa shape index (κ3) is 3.59. The first kappa shape index (κ1) is 17.4. The van der Waals surface area contributed by atoms with Gasteiger partial charge in [-0.3, -0.25) is 0 Å². The van der Waals surface area contributed by atoms with Crippen LogP contribution in [-0.4, -0.2) is 19.8 Å². The Morgan fingerprint density at radius 1 is 0.889 bits per heavy atom. The zero-order valence-electron chi connectivity index (χ0n) is 14.1. The van der Waals surface area contributed by atoms with Gasteiger partial charge in [-0.25, -0.2) is 0 Å². The SMILES string of the molecule is CC(F)(F)c1nnc2ccc(-c3ccc(Oc4ccc(Cl)cc4)cc3)nn12. The topological polar surface area (TPSA) is 52.3 Å². The fraction of sp³-hybridized carbons (Fsp3) is 0.105. The maximum Gasteiger partial charge on any atom is 0.305 e.